The van der Waals surface area contributed by atoms with Crippen molar-refractivity contribution in [3.05, 3.63) is 45.5 Å². The lowest BCUT2D eigenvalue weighted by Gasteiger charge is -2.31. The molecule has 2 aliphatic heterocycles. The van der Waals surface area contributed by atoms with Crippen LogP contribution in [0.5, 0.6) is 0 Å². The molecule has 2 aliphatic rings. The Balaban J connectivity index is 1.55. The zero-order chi connectivity index (χ0) is 18.8. The van der Waals surface area contributed by atoms with Crippen LogP contribution in [0.25, 0.3) is 0 Å². The Morgan fingerprint density at radius 2 is 2.07 bits per heavy atom. The van der Waals surface area contributed by atoms with Gasteiger partial charge >= 0.3 is 5.63 Å². The summed E-state index contributed by atoms with van der Waals surface area (Å²) in [7, 11) is 0. The molecule has 27 heavy (non-hydrogen) atoms. The van der Waals surface area contributed by atoms with Crippen LogP contribution in [0.3, 0.4) is 0 Å². The van der Waals surface area contributed by atoms with Crippen LogP contribution in [-0.4, -0.2) is 52.2 Å². The van der Waals surface area contributed by atoms with Crippen molar-refractivity contribution < 1.29 is 9.21 Å². The number of likely N-dealkylation sites (tertiary alicyclic amines) is 1. The molecule has 4 rings (SSSR count). The van der Waals surface area contributed by atoms with Crippen LogP contribution in [0.1, 0.15) is 65.0 Å². The third-order valence-electron chi connectivity index (χ3n) is 5.65. The van der Waals surface area contributed by atoms with E-state index in [1.54, 1.807) is 4.90 Å². The smallest absolute Gasteiger partial charge is 0.349 e. The van der Waals surface area contributed by atoms with E-state index in [9.17, 15) is 9.59 Å². The quantitative estimate of drug-likeness (QED) is 0.848. The van der Waals surface area contributed by atoms with Crippen molar-refractivity contribution in [2.45, 2.75) is 44.4 Å². The number of rotatable bonds is 3. The van der Waals surface area contributed by atoms with E-state index in [1.165, 1.54) is 6.33 Å². The number of hydrogen-bond donors (Lipinski definition) is 2. The van der Waals surface area contributed by atoms with E-state index in [1.807, 2.05) is 13.0 Å². The number of carbonyl (C=O) groups excluding carboxylic acids is 1. The van der Waals surface area contributed by atoms with Crippen LogP contribution in [0.15, 0.2) is 21.6 Å². The average molecular weight is 371 g/mol. The summed E-state index contributed by atoms with van der Waals surface area (Å²) in [5.74, 6) is 1.60. The van der Waals surface area contributed by atoms with E-state index in [0.29, 0.717) is 24.4 Å². The Bertz CT molecular complexity index is 855. The SMILES string of the molecule is Cc1cc(C2CCNCC2)oc(=O)c1C(=O)N1CCCC(c2ncn[nH]2)C1. The third kappa shape index (κ3) is 3.66. The Hall–Kier alpha value is -2.48. The van der Waals surface area contributed by atoms with Crippen molar-refractivity contribution >= 4 is 5.91 Å². The average Bonchev–Trinajstić information content (AvgIpc) is 3.23. The van der Waals surface area contributed by atoms with Gasteiger partial charge in [-0.2, -0.15) is 5.10 Å². The van der Waals surface area contributed by atoms with Gasteiger partial charge in [-0.05, 0) is 57.3 Å². The highest BCUT2D eigenvalue weighted by atomic mass is 16.4. The Labute approximate surface area is 157 Å². The fraction of sp³-hybridized carbons (Fsp3) is 0.579. The van der Waals surface area contributed by atoms with Gasteiger partial charge in [0.25, 0.3) is 5.91 Å². The normalized spacial score (nSPS) is 21.4. The van der Waals surface area contributed by atoms with Crippen molar-refractivity contribution in [2.75, 3.05) is 26.2 Å². The number of H-pyrrole nitrogens is 1. The van der Waals surface area contributed by atoms with Crippen LogP contribution in [0.4, 0.5) is 0 Å². The van der Waals surface area contributed by atoms with Gasteiger partial charge in [-0.1, -0.05) is 0 Å². The van der Waals surface area contributed by atoms with Gasteiger partial charge in [0, 0.05) is 24.9 Å². The minimum atomic E-state index is -0.518. The molecule has 4 heterocycles. The number of carbonyl (C=O) groups is 1. The molecule has 0 radical (unpaired) electrons. The van der Waals surface area contributed by atoms with Gasteiger partial charge in [-0.25, -0.2) is 9.78 Å². The summed E-state index contributed by atoms with van der Waals surface area (Å²) >= 11 is 0. The fourth-order valence-corrected chi connectivity index (χ4v) is 4.15. The van der Waals surface area contributed by atoms with Crippen LogP contribution >= 0.6 is 0 Å². The number of piperidine rings is 2. The molecule has 1 unspecified atom stereocenters. The first-order valence-electron chi connectivity index (χ1n) is 9.63. The maximum Gasteiger partial charge on any atom is 0.349 e. The summed E-state index contributed by atoms with van der Waals surface area (Å²) in [6.45, 7) is 4.84. The number of aromatic nitrogens is 3. The Morgan fingerprint density at radius 1 is 1.26 bits per heavy atom. The molecule has 2 saturated heterocycles. The Morgan fingerprint density at radius 3 is 2.78 bits per heavy atom. The number of nitrogens with one attached hydrogen (secondary N) is 2. The topological polar surface area (TPSA) is 104 Å². The number of aryl methyl sites for hydroxylation is 1. The summed E-state index contributed by atoms with van der Waals surface area (Å²) < 4.78 is 5.58. The highest BCUT2D eigenvalue weighted by molar-refractivity contribution is 5.95. The predicted molar refractivity (Wildman–Crippen MR) is 98.8 cm³/mol. The van der Waals surface area contributed by atoms with E-state index in [0.717, 1.165) is 44.6 Å². The second-order valence-electron chi connectivity index (χ2n) is 7.48. The zero-order valence-corrected chi connectivity index (χ0v) is 15.5. The molecule has 2 aromatic heterocycles. The molecule has 0 aliphatic carbocycles. The molecule has 8 heteroatoms. The number of amides is 1. The van der Waals surface area contributed by atoms with Gasteiger partial charge in [0.05, 0.1) is 0 Å². The van der Waals surface area contributed by atoms with Gasteiger partial charge in [-0.15, -0.1) is 0 Å². The molecule has 0 spiro atoms. The summed E-state index contributed by atoms with van der Waals surface area (Å²) in [5.41, 5.74) is 0.341. The largest absolute Gasteiger partial charge is 0.427 e. The number of aromatic amines is 1. The first-order valence-corrected chi connectivity index (χ1v) is 9.63. The maximum atomic E-state index is 13.1. The van der Waals surface area contributed by atoms with Gasteiger partial charge in [0.15, 0.2) is 0 Å². The third-order valence-corrected chi connectivity index (χ3v) is 5.65. The van der Waals surface area contributed by atoms with E-state index >= 15 is 0 Å². The molecule has 2 N–H and O–H groups in total. The maximum absolute atomic E-state index is 13.1. The lowest BCUT2D eigenvalue weighted by atomic mass is 9.93. The van der Waals surface area contributed by atoms with E-state index in [4.69, 9.17) is 4.42 Å². The minimum Gasteiger partial charge on any atom is -0.427 e. The van der Waals surface area contributed by atoms with E-state index < -0.39 is 5.63 Å². The fourth-order valence-electron chi connectivity index (χ4n) is 4.15. The van der Waals surface area contributed by atoms with Gasteiger partial charge in [-0.3, -0.25) is 9.89 Å². The number of nitrogens with zero attached hydrogens (tertiary/aromatic N) is 3. The molecule has 1 amide bonds. The molecule has 0 bridgehead atoms. The lowest BCUT2D eigenvalue weighted by molar-refractivity contribution is 0.0698. The molecule has 0 saturated carbocycles. The van der Waals surface area contributed by atoms with Crippen LogP contribution in [0.2, 0.25) is 0 Å². The summed E-state index contributed by atoms with van der Waals surface area (Å²) in [4.78, 5) is 31.6. The van der Waals surface area contributed by atoms with E-state index in [-0.39, 0.29) is 23.3 Å². The van der Waals surface area contributed by atoms with Gasteiger partial charge < -0.3 is 14.6 Å². The summed E-state index contributed by atoms with van der Waals surface area (Å²) in [5, 5.41) is 10.1. The van der Waals surface area contributed by atoms with Crippen molar-refractivity contribution in [3.63, 3.8) is 0 Å². The lowest BCUT2D eigenvalue weighted by Crippen LogP contribution is -2.41. The van der Waals surface area contributed by atoms with Crippen molar-refractivity contribution in [2.24, 2.45) is 0 Å². The van der Waals surface area contributed by atoms with Crippen molar-refractivity contribution in [3.8, 4) is 0 Å². The molecule has 2 aromatic rings. The van der Waals surface area contributed by atoms with E-state index in [2.05, 4.69) is 20.5 Å². The molecular formula is C19H25N5O3. The van der Waals surface area contributed by atoms with Crippen LogP contribution in [-0.2, 0) is 0 Å². The zero-order valence-electron chi connectivity index (χ0n) is 15.5. The summed E-state index contributed by atoms with van der Waals surface area (Å²) in [6.07, 6.45) is 5.19. The highest BCUT2D eigenvalue weighted by Gasteiger charge is 2.30. The molecule has 144 valence electrons. The second kappa shape index (κ2) is 7.64. The van der Waals surface area contributed by atoms with Crippen molar-refractivity contribution in [1.29, 1.82) is 0 Å². The van der Waals surface area contributed by atoms with Crippen molar-refractivity contribution in [1.82, 2.24) is 25.4 Å². The monoisotopic (exact) mass is 371 g/mol. The first-order chi connectivity index (χ1) is 13.1. The molecule has 1 atom stereocenters. The van der Waals surface area contributed by atoms with Gasteiger partial charge in [0.1, 0.15) is 23.5 Å². The standard InChI is InChI=1S/C19H25N5O3/c1-12-9-15(13-4-6-20-7-5-13)27-19(26)16(12)18(25)24-8-2-3-14(10-24)17-21-11-22-23-17/h9,11,13-14,20H,2-8,10H2,1H3,(H,21,22,23). The Kier molecular flexibility index (Phi) is 5.07. The molecule has 0 aromatic carbocycles. The van der Waals surface area contributed by atoms with Gasteiger partial charge in [0.2, 0.25) is 0 Å². The van der Waals surface area contributed by atoms with Crippen LogP contribution < -0.4 is 10.9 Å². The predicted octanol–water partition coefficient (Wildman–Crippen LogP) is 1.55. The first kappa shape index (κ1) is 17.9. The summed E-state index contributed by atoms with van der Waals surface area (Å²) in [6, 6.07) is 1.88. The molecule has 8 nitrogen and oxygen atoms in total. The minimum absolute atomic E-state index is 0.117. The second-order valence-corrected chi connectivity index (χ2v) is 7.48. The van der Waals surface area contributed by atoms with Crippen LogP contribution in [0, 0.1) is 6.92 Å². The number of hydrogen-bond acceptors (Lipinski definition) is 6. The highest BCUT2D eigenvalue weighted by Crippen LogP contribution is 2.27. The molecular weight excluding hydrogens is 346 g/mol. The molecule has 2 fully saturated rings.